The first-order chi connectivity index (χ1) is 15.5. The SMILES string of the molecule is CC(C)(C)[Si](C)(C)OC(CCCCC[C@@H]1C(CCCCc2ccccc2)=CC[C@@H]1O)C(=O)O. The van der Waals surface area contributed by atoms with Gasteiger partial charge in [0.25, 0.3) is 0 Å². The van der Waals surface area contributed by atoms with E-state index in [1.807, 2.05) is 0 Å². The van der Waals surface area contributed by atoms with Gasteiger partial charge in [-0.25, -0.2) is 4.79 Å². The molecule has 33 heavy (non-hydrogen) atoms. The number of aliphatic hydroxyl groups excluding tert-OH is 1. The molecule has 1 aromatic carbocycles. The van der Waals surface area contributed by atoms with Gasteiger partial charge in [-0.2, -0.15) is 0 Å². The fraction of sp³-hybridized carbons (Fsp3) is 0.679. The fourth-order valence-corrected chi connectivity index (χ4v) is 5.72. The topological polar surface area (TPSA) is 66.8 Å². The number of carboxylic acid groups (broad SMARTS) is 1. The molecule has 0 radical (unpaired) electrons. The van der Waals surface area contributed by atoms with Gasteiger partial charge in [-0.05, 0) is 68.6 Å². The number of aliphatic carboxylic acids is 1. The van der Waals surface area contributed by atoms with Crippen LogP contribution >= 0.6 is 0 Å². The van der Waals surface area contributed by atoms with Crippen LogP contribution in [0.3, 0.4) is 0 Å². The number of carbonyl (C=O) groups is 1. The number of unbranched alkanes of at least 4 members (excludes halogenated alkanes) is 3. The molecule has 1 unspecified atom stereocenters. The van der Waals surface area contributed by atoms with E-state index in [4.69, 9.17) is 4.43 Å². The summed E-state index contributed by atoms with van der Waals surface area (Å²) in [4.78, 5) is 11.7. The van der Waals surface area contributed by atoms with E-state index in [1.54, 1.807) is 0 Å². The van der Waals surface area contributed by atoms with E-state index in [0.29, 0.717) is 6.42 Å². The van der Waals surface area contributed by atoms with Gasteiger partial charge in [0.1, 0.15) is 6.10 Å². The number of benzene rings is 1. The minimum Gasteiger partial charge on any atom is -0.479 e. The van der Waals surface area contributed by atoms with Crippen molar-refractivity contribution in [3.63, 3.8) is 0 Å². The second-order valence-corrected chi connectivity index (χ2v) is 16.0. The Bertz CT molecular complexity index is 751. The van der Waals surface area contributed by atoms with Crippen LogP contribution in [-0.2, 0) is 15.6 Å². The first kappa shape index (κ1) is 27.8. The minimum atomic E-state index is -2.10. The summed E-state index contributed by atoms with van der Waals surface area (Å²) in [6, 6.07) is 10.6. The number of carboxylic acids is 1. The van der Waals surface area contributed by atoms with Crippen LogP contribution in [0.5, 0.6) is 0 Å². The maximum Gasteiger partial charge on any atom is 0.331 e. The normalized spacial score (nSPS) is 20.0. The fourth-order valence-electron chi connectivity index (χ4n) is 4.44. The maximum atomic E-state index is 11.7. The van der Waals surface area contributed by atoms with Crippen molar-refractivity contribution in [3.8, 4) is 0 Å². The van der Waals surface area contributed by atoms with Crippen LogP contribution in [0, 0.1) is 5.92 Å². The van der Waals surface area contributed by atoms with E-state index in [9.17, 15) is 15.0 Å². The zero-order valence-corrected chi connectivity index (χ0v) is 22.5. The van der Waals surface area contributed by atoms with Crippen LogP contribution in [0.2, 0.25) is 18.1 Å². The Kier molecular flexibility index (Phi) is 10.8. The van der Waals surface area contributed by atoms with Crippen LogP contribution in [0.4, 0.5) is 0 Å². The molecule has 4 nitrogen and oxygen atoms in total. The quantitative estimate of drug-likeness (QED) is 0.171. The molecule has 0 fully saturated rings. The lowest BCUT2D eigenvalue weighted by Gasteiger charge is -2.38. The van der Waals surface area contributed by atoms with Gasteiger partial charge in [0.15, 0.2) is 8.32 Å². The minimum absolute atomic E-state index is 0.00312. The van der Waals surface area contributed by atoms with Crippen molar-refractivity contribution in [2.75, 3.05) is 0 Å². The van der Waals surface area contributed by atoms with Crippen molar-refractivity contribution in [3.05, 3.63) is 47.5 Å². The summed E-state index contributed by atoms with van der Waals surface area (Å²) >= 11 is 0. The summed E-state index contributed by atoms with van der Waals surface area (Å²) in [6.45, 7) is 10.6. The molecule has 1 aromatic rings. The van der Waals surface area contributed by atoms with E-state index in [0.717, 1.165) is 51.4 Å². The molecule has 0 saturated heterocycles. The van der Waals surface area contributed by atoms with E-state index in [2.05, 4.69) is 70.3 Å². The molecule has 1 aliphatic carbocycles. The molecule has 0 aliphatic heterocycles. The Hall–Kier alpha value is -1.43. The molecule has 2 rings (SSSR count). The van der Waals surface area contributed by atoms with Crippen LogP contribution in [0.1, 0.15) is 84.1 Å². The lowest BCUT2D eigenvalue weighted by atomic mass is 9.89. The van der Waals surface area contributed by atoms with Crippen molar-refractivity contribution in [2.24, 2.45) is 5.92 Å². The molecule has 0 amide bonds. The van der Waals surface area contributed by atoms with Gasteiger partial charge in [-0.15, -0.1) is 0 Å². The smallest absolute Gasteiger partial charge is 0.331 e. The van der Waals surface area contributed by atoms with Crippen LogP contribution in [-0.4, -0.2) is 36.7 Å². The number of aryl methyl sites for hydroxylation is 1. The summed E-state index contributed by atoms with van der Waals surface area (Å²) in [7, 11) is -2.10. The Morgan fingerprint density at radius 3 is 2.36 bits per heavy atom. The van der Waals surface area contributed by atoms with Crippen molar-refractivity contribution < 1.29 is 19.4 Å². The van der Waals surface area contributed by atoms with E-state index < -0.39 is 20.4 Å². The van der Waals surface area contributed by atoms with E-state index in [1.165, 1.54) is 17.6 Å². The average Bonchev–Trinajstić information content (AvgIpc) is 3.09. The van der Waals surface area contributed by atoms with Gasteiger partial charge in [0.2, 0.25) is 0 Å². The van der Waals surface area contributed by atoms with Crippen LogP contribution in [0.15, 0.2) is 42.0 Å². The highest BCUT2D eigenvalue weighted by atomic mass is 28.4. The Balaban J connectivity index is 1.70. The third-order valence-corrected chi connectivity index (χ3v) is 12.1. The number of aliphatic hydroxyl groups is 1. The van der Waals surface area contributed by atoms with E-state index >= 15 is 0 Å². The first-order valence-electron chi connectivity index (χ1n) is 12.8. The molecule has 0 aromatic heterocycles. The Labute approximate surface area is 202 Å². The first-order valence-corrected chi connectivity index (χ1v) is 15.7. The summed E-state index contributed by atoms with van der Waals surface area (Å²) in [6.07, 6.45) is 11.0. The zero-order chi connectivity index (χ0) is 24.5. The van der Waals surface area contributed by atoms with Crippen molar-refractivity contribution in [2.45, 2.75) is 115 Å². The van der Waals surface area contributed by atoms with Crippen molar-refractivity contribution in [1.29, 1.82) is 0 Å². The molecule has 0 saturated carbocycles. The highest BCUT2D eigenvalue weighted by Gasteiger charge is 2.40. The third-order valence-electron chi connectivity index (χ3n) is 7.59. The summed E-state index contributed by atoms with van der Waals surface area (Å²) in [5, 5.41) is 20.1. The summed E-state index contributed by atoms with van der Waals surface area (Å²) < 4.78 is 6.16. The Morgan fingerprint density at radius 1 is 1.06 bits per heavy atom. The molecule has 3 atom stereocenters. The summed E-state index contributed by atoms with van der Waals surface area (Å²) in [5.41, 5.74) is 2.83. The number of hydrogen-bond donors (Lipinski definition) is 2. The molecule has 0 bridgehead atoms. The Morgan fingerprint density at radius 2 is 1.73 bits per heavy atom. The second kappa shape index (κ2) is 12.9. The van der Waals surface area contributed by atoms with Crippen molar-refractivity contribution >= 4 is 14.3 Å². The van der Waals surface area contributed by atoms with E-state index in [-0.39, 0.29) is 17.1 Å². The lowest BCUT2D eigenvalue weighted by Crippen LogP contribution is -2.46. The monoisotopic (exact) mass is 474 g/mol. The predicted molar refractivity (Wildman–Crippen MR) is 139 cm³/mol. The van der Waals surface area contributed by atoms with Crippen LogP contribution in [0.25, 0.3) is 0 Å². The number of rotatable bonds is 14. The number of hydrogen-bond acceptors (Lipinski definition) is 3. The standard InChI is InChI=1S/C28H46O4Si/c1-28(2,3)33(4,5)32-26(27(30)31)19-11-7-10-18-24-23(20-21-25(24)29)17-13-12-16-22-14-8-6-9-15-22/h6,8-9,14-15,20,24-26,29H,7,10-13,16-19,21H2,1-5H3,(H,30,31)/t24-,25+,26?/m1/s1. The molecule has 0 heterocycles. The predicted octanol–water partition coefficient (Wildman–Crippen LogP) is 7.13. The maximum absolute atomic E-state index is 11.7. The molecular formula is C28H46O4Si. The molecule has 0 spiro atoms. The van der Waals surface area contributed by atoms with Gasteiger partial charge in [0.05, 0.1) is 6.10 Å². The molecule has 2 N–H and O–H groups in total. The molecular weight excluding hydrogens is 428 g/mol. The molecule has 186 valence electrons. The van der Waals surface area contributed by atoms with Gasteiger partial charge in [-0.3, -0.25) is 0 Å². The largest absolute Gasteiger partial charge is 0.479 e. The van der Waals surface area contributed by atoms with Gasteiger partial charge in [0, 0.05) is 5.92 Å². The average molecular weight is 475 g/mol. The molecule has 5 heteroatoms. The summed E-state index contributed by atoms with van der Waals surface area (Å²) in [5.74, 6) is -0.563. The highest BCUT2D eigenvalue weighted by Crippen LogP contribution is 2.38. The van der Waals surface area contributed by atoms with Gasteiger partial charge in [-0.1, -0.05) is 82.0 Å². The van der Waals surface area contributed by atoms with Gasteiger partial charge < -0.3 is 14.6 Å². The van der Waals surface area contributed by atoms with Gasteiger partial charge >= 0.3 is 5.97 Å². The van der Waals surface area contributed by atoms with Crippen LogP contribution < -0.4 is 0 Å². The highest BCUT2D eigenvalue weighted by molar-refractivity contribution is 6.74. The second-order valence-electron chi connectivity index (χ2n) is 11.2. The molecule has 1 aliphatic rings. The lowest BCUT2D eigenvalue weighted by molar-refractivity contribution is -0.146. The third kappa shape index (κ3) is 9.03. The zero-order valence-electron chi connectivity index (χ0n) is 21.5. The van der Waals surface area contributed by atoms with Crippen molar-refractivity contribution in [1.82, 2.24) is 0 Å².